The van der Waals surface area contributed by atoms with Gasteiger partial charge in [0.25, 0.3) is 0 Å². The van der Waals surface area contributed by atoms with Crippen LogP contribution in [0.2, 0.25) is 0 Å². The molecule has 3 heteroatoms. The van der Waals surface area contributed by atoms with Gasteiger partial charge in [0, 0.05) is 18.3 Å². The Morgan fingerprint density at radius 1 is 1.57 bits per heavy atom. The van der Waals surface area contributed by atoms with E-state index >= 15 is 0 Å². The van der Waals surface area contributed by atoms with E-state index in [0.29, 0.717) is 6.54 Å². The molecule has 0 amide bonds. The van der Waals surface area contributed by atoms with E-state index in [9.17, 15) is 4.79 Å². The van der Waals surface area contributed by atoms with E-state index in [1.165, 1.54) is 5.56 Å². The topological polar surface area (TPSA) is 32.8 Å². The minimum Gasteiger partial charge on any atom is -0.368 e. The van der Waals surface area contributed by atoms with Crippen LogP contribution in [0.15, 0.2) is 24.3 Å². The predicted molar refractivity (Wildman–Crippen MR) is 54.5 cm³/mol. The highest BCUT2D eigenvalue weighted by Crippen LogP contribution is 2.35. The number of anilines is 1. The van der Waals surface area contributed by atoms with Gasteiger partial charge in [-0.3, -0.25) is 0 Å². The molecule has 1 heterocycles. The fraction of sp³-hybridized carbons (Fsp3) is 0.364. The van der Waals surface area contributed by atoms with Crippen molar-refractivity contribution in [1.82, 2.24) is 0 Å². The van der Waals surface area contributed by atoms with Gasteiger partial charge < -0.3 is 14.4 Å². The molecule has 74 valence electrons. The molecule has 14 heavy (non-hydrogen) atoms. The number of rotatable bonds is 4. The van der Waals surface area contributed by atoms with Crippen LogP contribution in [-0.4, -0.2) is 26.5 Å². The molecule has 1 aliphatic heterocycles. The Morgan fingerprint density at radius 2 is 2.29 bits per heavy atom. The smallest absolute Gasteiger partial charge is 0.139 e. The van der Waals surface area contributed by atoms with Crippen LogP contribution in [0.3, 0.4) is 0 Å². The third-order valence-electron chi connectivity index (χ3n) is 2.38. The second kappa shape index (κ2) is 3.80. The largest absolute Gasteiger partial charge is 0.368 e. The molecule has 1 fully saturated rings. The number of aldehydes is 1. The highest BCUT2D eigenvalue weighted by atomic mass is 16.6. The molecule has 2 rings (SSSR count). The number of hydrogen-bond donors (Lipinski definition) is 0. The van der Waals surface area contributed by atoms with Gasteiger partial charge in [-0.05, 0) is 6.07 Å². The van der Waals surface area contributed by atoms with Crippen molar-refractivity contribution in [2.45, 2.75) is 6.10 Å². The van der Waals surface area contributed by atoms with Crippen molar-refractivity contribution < 1.29 is 9.53 Å². The average Bonchev–Trinajstić information content (AvgIpc) is 3.01. The summed E-state index contributed by atoms with van der Waals surface area (Å²) in [7, 11) is 1.91. The summed E-state index contributed by atoms with van der Waals surface area (Å²) in [4.78, 5) is 12.3. The predicted octanol–water partition coefficient (Wildman–Crippen LogP) is 1.39. The zero-order valence-corrected chi connectivity index (χ0v) is 8.14. The summed E-state index contributed by atoms with van der Waals surface area (Å²) in [6, 6.07) is 8.03. The number of nitrogens with zero attached hydrogens (tertiary/aromatic N) is 1. The summed E-state index contributed by atoms with van der Waals surface area (Å²) in [5.41, 5.74) is 2.26. The van der Waals surface area contributed by atoms with Gasteiger partial charge in [-0.25, -0.2) is 0 Å². The van der Waals surface area contributed by atoms with E-state index in [1.54, 1.807) is 0 Å². The van der Waals surface area contributed by atoms with Crippen molar-refractivity contribution in [3.8, 4) is 0 Å². The van der Waals surface area contributed by atoms with Crippen LogP contribution in [0.4, 0.5) is 5.69 Å². The quantitative estimate of drug-likeness (QED) is 0.532. The molecule has 0 bridgehead atoms. The lowest BCUT2D eigenvalue weighted by molar-refractivity contribution is -0.106. The van der Waals surface area contributed by atoms with Gasteiger partial charge in [-0.1, -0.05) is 18.2 Å². The van der Waals surface area contributed by atoms with E-state index < -0.39 is 0 Å². The number of carbonyl (C=O) groups excluding carboxylic acids is 1. The van der Waals surface area contributed by atoms with Crippen molar-refractivity contribution in [2.24, 2.45) is 0 Å². The molecule has 1 aliphatic rings. The summed E-state index contributed by atoms with van der Waals surface area (Å²) in [5, 5.41) is 0. The summed E-state index contributed by atoms with van der Waals surface area (Å²) < 4.78 is 5.25. The lowest BCUT2D eigenvalue weighted by Gasteiger charge is -2.18. The van der Waals surface area contributed by atoms with E-state index in [1.807, 2.05) is 36.2 Å². The maximum atomic E-state index is 10.4. The molecule has 1 aromatic carbocycles. The second-order valence-corrected chi connectivity index (χ2v) is 3.43. The van der Waals surface area contributed by atoms with Gasteiger partial charge in [0.2, 0.25) is 0 Å². The van der Waals surface area contributed by atoms with Crippen LogP contribution in [-0.2, 0) is 9.53 Å². The Balaban J connectivity index is 2.25. The highest BCUT2D eigenvalue weighted by molar-refractivity contribution is 5.63. The SMILES string of the molecule is CN(CC=O)c1ccccc1C1CO1. The van der Waals surface area contributed by atoms with Crippen LogP contribution in [0.5, 0.6) is 0 Å². The van der Waals surface area contributed by atoms with Crippen molar-refractivity contribution in [3.63, 3.8) is 0 Å². The summed E-state index contributed by atoms with van der Waals surface area (Å²) in [6.07, 6.45) is 1.14. The molecule has 0 radical (unpaired) electrons. The first-order chi connectivity index (χ1) is 6.83. The number of benzene rings is 1. The molecule has 3 nitrogen and oxygen atoms in total. The number of carbonyl (C=O) groups is 1. The van der Waals surface area contributed by atoms with Crippen molar-refractivity contribution in [3.05, 3.63) is 29.8 Å². The Labute approximate surface area is 83.3 Å². The normalized spacial score (nSPS) is 19.1. The second-order valence-electron chi connectivity index (χ2n) is 3.43. The Bertz CT molecular complexity index is 334. The van der Waals surface area contributed by atoms with Crippen LogP contribution in [0.1, 0.15) is 11.7 Å². The molecule has 0 saturated carbocycles. The lowest BCUT2D eigenvalue weighted by Crippen LogP contribution is -2.20. The number of hydrogen-bond acceptors (Lipinski definition) is 3. The fourth-order valence-corrected chi connectivity index (χ4v) is 1.55. The molecular formula is C11H13NO2. The van der Waals surface area contributed by atoms with Gasteiger partial charge in [0.15, 0.2) is 0 Å². The Morgan fingerprint density at radius 3 is 2.93 bits per heavy atom. The van der Waals surface area contributed by atoms with E-state index in [2.05, 4.69) is 0 Å². The third-order valence-corrected chi connectivity index (χ3v) is 2.38. The van der Waals surface area contributed by atoms with Crippen molar-refractivity contribution in [1.29, 1.82) is 0 Å². The molecule has 1 atom stereocenters. The molecule has 1 aromatic rings. The van der Waals surface area contributed by atoms with Gasteiger partial charge >= 0.3 is 0 Å². The third kappa shape index (κ3) is 1.77. The minimum atomic E-state index is 0.236. The number of likely N-dealkylation sites (N-methyl/N-ethyl adjacent to an activating group) is 1. The fourth-order valence-electron chi connectivity index (χ4n) is 1.55. The lowest BCUT2D eigenvalue weighted by atomic mass is 10.1. The van der Waals surface area contributed by atoms with E-state index in [4.69, 9.17) is 4.74 Å². The van der Waals surface area contributed by atoms with Crippen molar-refractivity contribution >= 4 is 12.0 Å². The first kappa shape index (κ1) is 9.21. The minimum absolute atomic E-state index is 0.236. The van der Waals surface area contributed by atoms with Crippen LogP contribution in [0.25, 0.3) is 0 Å². The number of para-hydroxylation sites is 1. The number of ether oxygens (including phenoxy) is 1. The molecule has 0 aromatic heterocycles. The van der Waals surface area contributed by atoms with Gasteiger partial charge in [0.05, 0.1) is 13.2 Å². The molecule has 0 spiro atoms. The molecule has 1 unspecified atom stereocenters. The standard InChI is InChI=1S/C11H13NO2/c1-12(6-7-13)10-5-3-2-4-9(10)11-8-14-11/h2-5,7,11H,6,8H2,1H3. The highest BCUT2D eigenvalue weighted by Gasteiger charge is 2.27. The first-order valence-corrected chi connectivity index (χ1v) is 4.68. The van der Waals surface area contributed by atoms with Crippen LogP contribution < -0.4 is 4.90 Å². The molecule has 0 aliphatic carbocycles. The maximum Gasteiger partial charge on any atom is 0.139 e. The monoisotopic (exact) mass is 191 g/mol. The van der Waals surface area contributed by atoms with E-state index in [-0.39, 0.29) is 6.10 Å². The average molecular weight is 191 g/mol. The van der Waals surface area contributed by atoms with Crippen LogP contribution >= 0.6 is 0 Å². The summed E-state index contributed by atoms with van der Waals surface area (Å²) >= 11 is 0. The van der Waals surface area contributed by atoms with Gasteiger partial charge in [-0.2, -0.15) is 0 Å². The Kier molecular flexibility index (Phi) is 2.50. The Hall–Kier alpha value is -1.35. The van der Waals surface area contributed by atoms with E-state index in [0.717, 1.165) is 18.6 Å². The summed E-state index contributed by atoms with van der Waals surface area (Å²) in [5.74, 6) is 0. The first-order valence-electron chi connectivity index (χ1n) is 4.68. The summed E-state index contributed by atoms with van der Waals surface area (Å²) in [6.45, 7) is 1.22. The molecular weight excluding hydrogens is 178 g/mol. The van der Waals surface area contributed by atoms with Gasteiger partial charge in [0.1, 0.15) is 12.4 Å². The zero-order valence-electron chi connectivity index (χ0n) is 8.14. The molecule has 1 saturated heterocycles. The number of epoxide rings is 1. The zero-order chi connectivity index (χ0) is 9.97. The molecule has 0 N–H and O–H groups in total. The van der Waals surface area contributed by atoms with Gasteiger partial charge in [-0.15, -0.1) is 0 Å². The maximum absolute atomic E-state index is 10.4. The van der Waals surface area contributed by atoms with Crippen LogP contribution in [0, 0.1) is 0 Å². The van der Waals surface area contributed by atoms with Crippen molar-refractivity contribution in [2.75, 3.05) is 25.1 Å².